The van der Waals surface area contributed by atoms with Crippen LogP contribution in [0, 0.1) is 13.8 Å². The molecular formula is C10H13N5OS. The number of hydrogen-bond acceptors (Lipinski definition) is 5. The van der Waals surface area contributed by atoms with Gasteiger partial charge in [0.15, 0.2) is 10.8 Å². The quantitative estimate of drug-likeness (QED) is 0.843. The standard InChI is InChI=1S/C10H13N5OS/c1-5-6(2)17-10(12-5)13-9(16)8-7(11)4-15(3)14-8/h4H,11H2,1-3H3,(H,12,13,16). The molecule has 0 spiro atoms. The number of nitrogens with one attached hydrogen (secondary N) is 1. The highest BCUT2D eigenvalue weighted by Crippen LogP contribution is 2.22. The maximum Gasteiger partial charge on any atom is 0.280 e. The molecule has 6 nitrogen and oxygen atoms in total. The largest absolute Gasteiger partial charge is 0.396 e. The number of carbonyl (C=O) groups excluding carboxylic acids is 1. The summed E-state index contributed by atoms with van der Waals surface area (Å²) in [4.78, 5) is 17.2. The van der Waals surface area contributed by atoms with Crippen molar-refractivity contribution in [3.05, 3.63) is 22.5 Å². The average Bonchev–Trinajstić information content (AvgIpc) is 2.71. The van der Waals surface area contributed by atoms with Crippen LogP contribution in [0.15, 0.2) is 6.20 Å². The Morgan fingerprint density at radius 2 is 2.24 bits per heavy atom. The van der Waals surface area contributed by atoms with E-state index < -0.39 is 0 Å². The molecule has 0 aliphatic rings. The second kappa shape index (κ2) is 4.17. The Morgan fingerprint density at radius 3 is 2.71 bits per heavy atom. The van der Waals surface area contributed by atoms with Gasteiger partial charge in [0.2, 0.25) is 0 Å². The highest BCUT2D eigenvalue weighted by Gasteiger charge is 2.15. The Balaban J connectivity index is 2.19. The summed E-state index contributed by atoms with van der Waals surface area (Å²) in [5, 5.41) is 7.24. The fourth-order valence-electron chi connectivity index (χ4n) is 1.37. The van der Waals surface area contributed by atoms with E-state index in [4.69, 9.17) is 5.73 Å². The van der Waals surface area contributed by atoms with Gasteiger partial charge in [0, 0.05) is 18.1 Å². The van der Waals surface area contributed by atoms with Gasteiger partial charge < -0.3 is 5.73 Å². The van der Waals surface area contributed by atoms with Gasteiger partial charge in [-0.25, -0.2) is 4.98 Å². The topological polar surface area (TPSA) is 85.8 Å². The Bertz CT molecular complexity index is 552. The zero-order valence-electron chi connectivity index (χ0n) is 9.81. The summed E-state index contributed by atoms with van der Waals surface area (Å²) >= 11 is 1.43. The first-order valence-electron chi connectivity index (χ1n) is 5.02. The highest BCUT2D eigenvalue weighted by molar-refractivity contribution is 7.15. The Morgan fingerprint density at radius 1 is 1.53 bits per heavy atom. The van der Waals surface area contributed by atoms with Crippen molar-refractivity contribution < 1.29 is 4.79 Å². The maximum absolute atomic E-state index is 11.9. The number of hydrogen-bond donors (Lipinski definition) is 2. The van der Waals surface area contributed by atoms with E-state index in [2.05, 4.69) is 15.4 Å². The molecule has 2 heterocycles. The van der Waals surface area contributed by atoms with E-state index in [1.807, 2.05) is 13.8 Å². The van der Waals surface area contributed by atoms with E-state index in [1.165, 1.54) is 16.0 Å². The van der Waals surface area contributed by atoms with Crippen molar-refractivity contribution in [2.45, 2.75) is 13.8 Å². The van der Waals surface area contributed by atoms with Crippen LogP contribution >= 0.6 is 11.3 Å². The van der Waals surface area contributed by atoms with Crippen LogP contribution in [0.4, 0.5) is 10.8 Å². The van der Waals surface area contributed by atoms with Crippen LogP contribution in [0.1, 0.15) is 21.1 Å². The van der Waals surface area contributed by atoms with Gasteiger partial charge in [0.1, 0.15) is 0 Å². The fraction of sp³-hybridized carbons (Fsp3) is 0.300. The molecule has 0 aliphatic carbocycles. The average molecular weight is 251 g/mol. The predicted molar refractivity (Wildman–Crippen MR) is 67.2 cm³/mol. The maximum atomic E-state index is 11.9. The molecule has 0 aromatic carbocycles. The molecule has 2 rings (SSSR count). The Hall–Kier alpha value is -1.89. The summed E-state index contributed by atoms with van der Waals surface area (Å²) in [6.07, 6.45) is 1.59. The van der Waals surface area contributed by atoms with E-state index in [9.17, 15) is 4.79 Å². The second-order valence-corrected chi connectivity index (χ2v) is 4.92. The number of nitrogens with two attached hydrogens (primary N) is 1. The van der Waals surface area contributed by atoms with Crippen molar-refractivity contribution in [1.82, 2.24) is 14.8 Å². The van der Waals surface area contributed by atoms with Gasteiger partial charge in [-0.1, -0.05) is 0 Å². The lowest BCUT2D eigenvalue weighted by Gasteiger charge is -1.98. The van der Waals surface area contributed by atoms with Gasteiger partial charge in [0.25, 0.3) is 5.91 Å². The number of aromatic nitrogens is 3. The first-order valence-corrected chi connectivity index (χ1v) is 5.83. The number of rotatable bonds is 2. The number of anilines is 2. The lowest BCUT2D eigenvalue weighted by Crippen LogP contribution is -2.14. The van der Waals surface area contributed by atoms with E-state index in [0.717, 1.165) is 10.6 Å². The number of thiazole rings is 1. The van der Waals surface area contributed by atoms with Crippen molar-refractivity contribution in [2.24, 2.45) is 7.05 Å². The highest BCUT2D eigenvalue weighted by atomic mass is 32.1. The van der Waals surface area contributed by atoms with E-state index >= 15 is 0 Å². The lowest BCUT2D eigenvalue weighted by atomic mass is 10.3. The lowest BCUT2D eigenvalue weighted by molar-refractivity contribution is 0.102. The third-order valence-corrected chi connectivity index (χ3v) is 3.31. The summed E-state index contributed by atoms with van der Waals surface area (Å²) in [5.74, 6) is -0.336. The van der Waals surface area contributed by atoms with Crippen molar-refractivity contribution >= 4 is 28.1 Å². The minimum absolute atomic E-state index is 0.220. The molecule has 7 heteroatoms. The van der Waals surface area contributed by atoms with Crippen LogP contribution < -0.4 is 11.1 Å². The summed E-state index contributed by atoms with van der Waals surface area (Å²) in [6, 6.07) is 0. The number of nitrogen functional groups attached to an aromatic ring is 1. The molecule has 3 N–H and O–H groups in total. The number of nitrogens with zero attached hydrogens (tertiary/aromatic N) is 3. The zero-order chi connectivity index (χ0) is 12.6. The van der Waals surface area contributed by atoms with Crippen LogP contribution in [-0.2, 0) is 7.05 Å². The smallest absolute Gasteiger partial charge is 0.280 e. The van der Waals surface area contributed by atoms with Crippen LogP contribution in [-0.4, -0.2) is 20.7 Å². The summed E-state index contributed by atoms with van der Waals surface area (Å²) in [5.41, 5.74) is 7.16. The first kappa shape index (κ1) is 11.6. The zero-order valence-corrected chi connectivity index (χ0v) is 10.6. The van der Waals surface area contributed by atoms with E-state index in [-0.39, 0.29) is 11.6 Å². The molecule has 0 aliphatic heterocycles. The third-order valence-electron chi connectivity index (χ3n) is 2.32. The van der Waals surface area contributed by atoms with Gasteiger partial charge >= 0.3 is 0 Å². The molecule has 1 amide bonds. The van der Waals surface area contributed by atoms with Crippen molar-refractivity contribution in [2.75, 3.05) is 11.1 Å². The Kier molecular flexibility index (Phi) is 2.84. The van der Waals surface area contributed by atoms with Crippen molar-refractivity contribution in [3.63, 3.8) is 0 Å². The molecule has 0 unspecified atom stereocenters. The molecule has 2 aromatic rings. The van der Waals surface area contributed by atoms with Gasteiger partial charge in [-0.05, 0) is 13.8 Å². The van der Waals surface area contributed by atoms with Crippen LogP contribution in [0.2, 0.25) is 0 Å². The van der Waals surface area contributed by atoms with E-state index in [1.54, 1.807) is 13.2 Å². The van der Waals surface area contributed by atoms with Crippen LogP contribution in [0.3, 0.4) is 0 Å². The van der Waals surface area contributed by atoms with Crippen LogP contribution in [0.25, 0.3) is 0 Å². The predicted octanol–water partition coefficient (Wildman–Crippen LogP) is 1.33. The molecule has 17 heavy (non-hydrogen) atoms. The van der Waals surface area contributed by atoms with E-state index in [0.29, 0.717) is 10.8 Å². The monoisotopic (exact) mass is 251 g/mol. The van der Waals surface area contributed by atoms with Gasteiger partial charge in [-0.2, -0.15) is 5.10 Å². The third kappa shape index (κ3) is 2.28. The SMILES string of the molecule is Cc1nc(NC(=O)c2nn(C)cc2N)sc1C. The minimum atomic E-state index is -0.336. The van der Waals surface area contributed by atoms with Crippen LogP contribution in [0.5, 0.6) is 0 Å². The van der Waals surface area contributed by atoms with Gasteiger partial charge in [-0.3, -0.25) is 14.8 Å². The summed E-state index contributed by atoms with van der Waals surface area (Å²) < 4.78 is 1.50. The number of aryl methyl sites for hydroxylation is 3. The molecule has 0 saturated heterocycles. The van der Waals surface area contributed by atoms with Crippen molar-refractivity contribution in [3.8, 4) is 0 Å². The number of amides is 1. The Labute approximate surface area is 102 Å². The summed E-state index contributed by atoms with van der Waals surface area (Å²) in [7, 11) is 1.71. The molecule has 90 valence electrons. The van der Waals surface area contributed by atoms with Crippen molar-refractivity contribution in [1.29, 1.82) is 0 Å². The normalized spacial score (nSPS) is 10.5. The molecule has 0 bridgehead atoms. The molecule has 2 aromatic heterocycles. The molecule has 0 saturated carbocycles. The minimum Gasteiger partial charge on any atom is -0.396 e. The fourth-order valence-corrected chi connectivity index (χ4v) is 2.18. The molecule has 0 radical (unpaired) electrons. The first-order chi connectivity index (χ1) is 7.97. The molecular weight excluding hydrogens is 238 g/mol. The second-order valence-electron chi connectivity index (χ2n) is 3.72. The van der Waals surface area contributed by atoms with Gasteiger partial charge in [-0.15, -0.1) is 11.3 Å². The molecule has 0 atom stereocenters. The number of carbonyl (C=O) groups is 1. The van der Waals surface area contributed by atoms with Gasteiger partial charge in [0.05, 0.1) is 11.4 Å². The molecule has 0 fully saturated rings. The summed E-state index contributed by atoms with van der Waals surface area (Å²) in [6.45, 7) is 3.86.